The smallest absolute Gasteiger partial charge is 0.329 e. The fourth-order valence-electron chi connectivity index (χ4n) is 8.62. The average molecular weight is 775 g/mol. The van der Waals surface area contributed by atoms with E-state index < -0.39 is 23.3 Å². The number of alkyl halides is 1. The number of aryl methyl sites for hydroxylation is 1. The number of hydrogen-bond acceptors (Lipinski definition) is 11. The van der Waals surface area contributed by atoms with Gasteiger partial charge in [0, 0.05) is 42.9 Å². The second-order valence-electron chi connectivity index (χ2n) is 14.2. The molecule has 54 heavy (non-hydrogen) atoms. The second kappa shape index (κ2) is 13.3. The first kappa shape index (κ1) is 35.8. The van der Waals surface area contributed by atoms with Crippen LogP contribution < -0.4 is 15.4 Å². The molecule has 0 aliphatic carbocycles. The van der Waals surface area contributed by atoms with Gasteiger partial charge in [-0.2, -0.15) is 20.5 Å². The summed E-state index contributed by atoms with van der Waals surface area (Å²) in [6.07, 6.45) is 2.89. The number of carbonyl (C=O) groups excluding carboxylic acids is 1. The van der Waals surface area contributed by atoms with E-state index in [4.69, 9.17) is 27.1 Å². The number of nitriles is 2. The van der Waals surface area contributed by atoms with E-state index in [0.717, 1.165) is 30.7 Å². The SMILES string of the molecule is Cc1nc(C#N)cn1C(=O)N1CC[C@@H](N(C)c2nc(OC[C@@]34CCCN3C[C@H](F)C4)nc3c(F)c(-c4ccc(F)c5sc(N)c(C#N)c45)c(Cl)cc23)[C@H]1C. The molecular formula is C37H34ClF3N10O2S. The van der Waals surface area contributed by atoms with Gasteiger partial charge in [-0.15, -0.1) is 11.3 Å². The molecule has 12 nitrogen and oxygen atoms in total. The van der Waals surface area contributed by atoms with E-state index in [1.165, 1.54) is 29.0 Å². The molecule has 0 radical (unpaired) electrons. The number of likely N-dealkylation sites (tertiary alicyclic amines) is 1. The summed E-state index contributed by atoms with van der Waals surface area (Å²) in [5, 5.41) is 19.7. The van der Waals surface area contributed by atoms with Crippen LogP contribution in [-0.4, -0.2) is 92.4 Å². The van der Waals surface area contributed by atoms with Gasteiger partial charge in [-0.25, -0.2) is 22.9 Å². The molecule has 17 heteroatoms. The molecule has 0 saturated carbocycles. The lowest BCUT2D eigenvalue weighted by molar-refractivity contribution is 0.107. The van der Waals surface area contributed by atoms with Gasteiger partial charge in [0.05, 0.1) is 39.1 Å². The molecule has 2 N–H and O–H groups in total. The number of fused-ring (bicyclic) bond motifs is 3. The number of hydrogen-bond donors (Lipinski definition) is 1. The van der Waals surface area contributed by atoms with Crippen molar-refractivity contribution < 1.29 is 22.7 Å². The van der Waals surface area contributed by atoms with Crippen LogP contribution in [0.2, 0.25) is 5.02 Å². The van der Waals surface area contributed by atoms with Crippen LogP contribution in [0.25, 0.3) is 32.1 Å². The lowest BCUT2D eigenvalue weighted by Crippen LogP contribution is -2.45. The molecule has 0 bridgehead atoms. The van der Waals surface area contributed by atoms with Gasteiger partial charge in [-0.3, -0.25) is 9.47 Å². The molecule has 8 rings (SSSR count). The Hall–Kier alpha value is -5.16. The Labute approximate surface area is 317 Å². The van der Waals surface area contributed by atoms with Crippen molar-refractivity contribution in [3.05, 3.63) is 58.1 Å². The Morgan fingerprint density at radius 3 is 2.76 bits per heavy atom. The van der Waals surface area contributed by atoms with E-state index in [1.807, 2.05) is 24.0 Å². The molecule has 4 atom stereocenters. The maximum atomic E-state index is 17.2. The highest BCUT2D eigenvalue weighted by molar-refractivity contribution is 7.23. The van der Waals surface area contributed by atoms with Gasteiger partial charge < -0.3 is 20.3 Å². The minimum Gasteiger partial charge on any atom is -0.461 e. The number of thiophene rings is 1. The molecule has 3 fully saturated rings. The van der Waals surface area contributed by atoms with Gasteiger partial charge in [-0.05, 0) is 57.4 Å². The van der Waals surface area contributed by atoms with E-state index in [-0.39, 0.29) is 89.9 Å². The molecule has 5 aromatic rings. The van der Waals surface area contributed by atoms with Gasteiger partial charge in [0.15, 0.2) is 11.5 Å². The van der Waals surface area contributed by atoms with Crippen molar-refractivity contribution in [3.63, 3.8) is 0 Å². The summed E-state index contributed by atoms with van der Waals surface area (Å²) in [5.41, 5.74) is 5.64. The van der Waals surface area contributed by atoms with Crippen molar-refractivity contribution >= 4 is 60.8 Å². The van der Waals surface area contributed by atoms with Crippen LogP contribution >= 0.6 is 22.9 Å². The van der Waals surface area contributed by atoms with Gasteiger partial charge in [0.1, 0.15) is 52.9 Å². The van der Waals surface area contributed by atoms with Crippen molar-refractivity contribution in [2.45, 2.75) is 63.3 Å². The zero-order valence-electron chi connectivity index (χ0n) is 29.5. The summed E-state index contributed by atoms with van der Waals surface area (Å²) in [4.78, 5) is 32.8. The van der Waals surface area contributed by atoms with E-state index in [0.29, 0.717) is 31.8 Å². The molecule has 1 amide bonds. The predicted molar refractivity (Wildman–Crippen MR) is 198 cm³/mol. The molecule has 3 aliphatic heterocycles. The number of rotatable bonds is 6. The van der Waals surface area contributed by atoms with Crippen LogP contribution in [0.3, 0.4) is 0 Å². The van der Waals surface area contributed by atoms with Crippen molar-refractivity contribution in [3.8, 4) is 29.3 Å². The number of nitrogen functional groups attached to an aromatic ring is 1. The van der Waals surface area contributed by atoms with Crippen molar-refractivity contribution in [1.29, 1.82) is 10.5 Å². The number of likely N-dealkylation sites (N-methyl/N-ethyl adjacent to an activating group) is 1. The highest BCUT2D eigenvalue weighted by atomic mass is 35.5. The fraction of sp³-hybridized carbons (Fsp3) is 0.405. The van der Waals surface area contributed by atoms with Gasteiger partial charge in [-0.1, -0.05) is 17.7 Å². The number of carbonyl (C=O) groups is 1. The lowest BCUT2D eigenvalue weighted by atomic mass is 9.95. The van der Waals surface area contributed by atoms with Crippen LogP contribution in [0.5, 0.6) is 6.01 Å². The number of nitrogens with zero attached hydrogens (tertiary/aromatic N) is 9. The zero-order valence-corrected chi connectivity index (χ0v) is 31.1. The normalized spacial score (nSPS) is 22.5. The Kier molecular flexibility index (Phi) is 8.83. The molecule has 278 valence electrons. The first-order valence-electron chi connectivity index (χ1n) is 17.5. The van der Waals surface area contributed by atoms with Crippen LogP contribution in [0.15, 0.2) is 24.4 Å². The summed E-state index contributed by atoms with van der Waals surface area (Å²) < 4.78 is 54.5. The third-order valence-corrected chi connectivity index (χ3v) is 12.6. The number of imidazole rings is 1. The number of ether oxygens (including phenoxy) is 1. The maximum Gasteiger partial charge on any atom is 0.329 e. The number of nitrogens with two attached hydrogens (primary N) is 1. The highest BCUT2D eigenvalue weighted by Gasteiger charge is 2.49. The minimum atomic E-state index is -0.987. The Morgan fingerprint density at radius 2 is 2.02 bits per heavy atom. The van der Waals surface area contributed by atoms with Crippen molar-refractivity contribution in [2.75, 3.05) is 43.9 Å². The van der Waals surface area contributed by atoms with Gasteiger partial charge >= 0.3 is 12.0 Å². The number of anilines is 2. The maximum absolute atomic E-state index is 17.2. The Morgan fingerprint density at radius 1 is 1.22 bits per heavy atom. The summed E-state index contributed by atoms with van der Waals surface area (Å²) in [7, 11) is 1.79. The predicted octanol–water partition coefficient (Wildman–Crippen LogP) is 6.80. The first-order valence-corrected chi connectivity index (χ1v) is 18.7. The number of benzene rings is 2. The fourth-order valence-corrected chi connectivity index (χ4v) is 9.87. The molecule has 3 saturated heterocycles. The molecule has 3 aliphatic rings. The monoisotopic (exact) mass is 774 g/mol. The summed E-state index contributed by atoms with van der Waals surface area (Å²) in [6, 6.07) is 6.92. The van der Waals surface area contributed by atoms with Crippen LogP contribution in [0.4, 0.5) is 28.8 Å². The van der Waals surface area contributed by atoms with Gasteiger partial charge in [0.2, 0.25) is 0 Å². The largest absolute Gasteiger partial charge is 0.461 e. The molecule has 2 aromatic carbocycles. The van der Waals surface area contributed by atoms with Crippen LogP contribution in [-0.2, 0) is 0 Å². The molecule has 0 unspecified atom stereocenters. The Balaban J connectivity index is 1.23. The summed E-state index contributed by atoms with van der Waals surface area (Å²) >= 11 is 7.79. The third kappa shape index (κ3) is 5.58. The highest BCUT2D eigenvalue weighted by Crippen LogP contribution is 2.46. The van der Waals surface area contributed by atoms with E-state index in [9.17, 15) is 24.1 Å². The van der Waals surface area contributed by atoms with Gasteiger partial charge in [0.25, 0.3) is 0 Å². The van der Waals surface area contributed by atoms with Crippen molar-refractivity contribution in [2.24, 2.45) is 0 Å². The van der Waals surface area contributed by atoms with E-state index in [2.05, 4.69) is 14.9 Å². The molecule has 6 heterocycles. The number of halogens is 4. The quantitative estimate of drug-likeness (QED) is 0.195. The molecule has 3 aromatic heterocycles. The lowest BCUT2D eigenvalue weighted by Gasteiger charge is -2.33. The van der Waals surface area contributed by atoms with Crippen LogP contribution in [0.1, 0.15) is 49.7 Å². The zero-order chi connectivity index (χ0) is 38.2. The van der Waals surface area contributed by atoms with Crippen molar-refractivity contribution in [1.82, 2.24) is 29.3 Å². The van der Waals surface area contributed by atoms with Crippen LogP contribution in [0, 0.1) is 41.2 Å². The first-order chi connectivity index (χ1) is 25.8. The average Bonchev–Trinajstić information content (AvgIpc) is 3.95. The topological polar surface area (TPSA) is 153 Å². The third-order valence-electron chi connectivity index (χ3n) is 11.3. The number of aromatic nitrogens is 4. The molecule has 0 spiro atoms. The minimum absolute atomic E-state index is 0.0133. The van der Waals surface area contributed by atoms with E-state index >= 15 is 4.39 Å². The second-order valence-corrected chi connectivity index (χ2v) is 15.7. The summed E-state index contributed by atoms with van der Waals surface area (Å²) in [6.45, 7) is 5.10. The summed E-state index contributed by atoms with van der Waals surface area (Å²) in [5.74, 6) is -0.777. The number of amides is 1. The standard InChI is InChI=1S/C37H34ClF3N10O2S/c1-18-27(7-10-50(18)36(52)51-16-21(13-42)45-19(51)2)48(3)34-23-11-25(38)29(22-5-6-26(40)32-28(22)24(14-43)33(44)54-32)30(41)31(23)46-35(47-34)53-17-37-8-4-9-49(37)15-20(39)12-37/h5-6,11,16,18,20,27H,4,7-10,12,15,17,44H2,1-3H3/t18-,20-,27-,37+/m1/s1. The molecular weight excluding hydrogens is 741 g/mol. The van der Waals surface area contributed by atoms with E-state index in [1.54, 1.807) is 18.9 Å². The Bertz CT molecular complexity index is 2460.